The Kier molecular flexibility index (Phi) is 4.28. The highest BCUT2D eigenvalue weighted by Gasteiger charge is 2.05. The summed E-state index contributed by atoms with van der Waals surface area (Å²) in [7, 11) is 1.60. The number of nitrogens with two attached hydrogens (primary N) is 1. The Balaban J connectivity index is 2.53. The Labute approximate surface area is 82.3 Å². The third kappa shape index (κ3) is 3.27. The van der Waals surface area contributed by atoms with Crippen molar-refractivity contribution in [2.45, 2.75) is 6.04 Å². The molecular weight excluding hydrogens is 185 g/mol. The number of rotatable bonds is 5. The molecule has 0 aliphatic heterocycles. The summed E-state index contributed by atoms with van der Waals surface area (Å²) in [5, 5.41) is 3.03. The van der Waals surface area contributed by atoms with Crippen LogP contribution >= 0.6 is 0 Å². The molecule has 0 bridgehead atoms. The van der Waals surface area contributed by atoms with Crippen LogP contribution in [-0.4, -0.2) is 31.3 Å². The summed E-state index contributed by atoms with van der Waals surface area (Å²) in [6, 6.07) is 2.90. The number of methoxy groups -OCH3 is 1. The smallest absolute Gasteiger partial charge is 0.141 e. The molecule has 0 aliphatic carbocycles. The van der Waals surface area contributed by atoms with Crippen molar-refractivity contribution in [2.75, 3.05) is 25.6 Å². The third-order valence-corrected chi connectivity index (χ3v) is 1.73. The maximum absolute atomic E-state index is 12.5. The Morgan fingerprint density at radius 3 is 2.93 bits per heavy atom. The molecule has 1 aromatic heterocycles. The van der Waals surface area contributed by atoms with Crippen LogP contribution in [-0.2, 0) is 4.74 Å². The first kappa shape index (κ1) is 10.9. The standard InChI is InChI=1S/C9H14FN3O/c1-14-6-8(4-11)13-9-3-2-7(10)5-12-9/h2-3,5,8H,4,6,11H2,1H3,(H,12,13). The van der Waals surface area contributed by atoms with Gasteiger partial charge in [0.1, 0.15) is 11.6 Å². The van der Waals surface area contributed by atoms with E-state index in [1.165, 1.54) is 6.07 Å². The second-order valence-electron chi connectivity index (χ2n) is 2.89. The molecule has 1 heterocycles. The predicted molar refractivity (Wildman–Crippen MR) is 52.5 cm³/mol. The van der Waals surface area contributed by atoms with Crippen LogP contribution in [0.5, 0.6) is 0 Å². The van der Waals surface area contributed by atoms with E-state index in [4.69, 9.17) is 10.5 Å². The van der Waals surface area contributed by atoms with E-state index >= 15 is 0 Å². The average molecular weight is 199 g/mol. The zero-order chi connectivity index (χ0) is 10.4. The summed E-state index contributed by atoms with van der Waals surface area (Å²) < 4.78 is 17.5. The van der Waals surface area contributed by atoms with Crippen molar-refractivity contribution in [1.82, 2.24) is 4.98 Å². The summed E-state index contributed by atoms with van der Waals surface area (Å²) >= 11 is 0. The molecule has 0 radical (unpaired) electrons. The van der Waals surface area contributed by atoms with Crippen LogP contribution in [0.15, 0.2) is 18.3 Å². The number of hydrogen-bond acceptors (Lipinski definition) is 4. The predicted octanol–water partition coefficient (Wildman–Crippen LogP) is 0.606. The summed E-state index contributed by atoms with van der Waals surface area (Å²) in [4.78, 5) is 3.85. The zero-order valence-electron chi connectivity index (χ0n) is 8.03. The third-order valence-electron chi connectivity index (χ3n) is 1.73. The topological polar surface area (TPSA) is 60.2 Å². The monoisotopic (exact) mass is 199 g/mol. The molecule has 1 rings (SSSR count). The fraction of sp³-hybridized carbons (Fsp3) is 0.444. The van der Waals surface area contributed by atoms with Crippen molar-refractivity contribution in [3.63, 3.8) is 0 Å². The quantitative estimate of drug-likeness (QED) is 0.729. The summed E-state index contributed by atoms with van der Waals surface area (Å²) in [5.74, 6) is 0.241. The first-order valence-corrected chi connectivity index (χ1v) is 4.33. The Morgan fingerprint density at radius 2 is 2.43 bits per heavy atom. The van der Waals surface area contributed by atoms with Crippen molar-refractivity contribution in [3.05, 3.63) is 24.1 Å². The number of nitrogens with zero attached hydrogens (tertiary/aromatic N) is 1. The van der Waals surface area contributed by atoms with Gasteiger partial charge in [-0.25, -0.2) is 9.37 Å². The first-order chi connectivity index (χ1) is 6.76. The van der Waals surface area contributed by atoms with Crippen molar-refractivity contribution in [2.24, 2.45) is 5.73 Å². The summed E-state index contributed by atoms with van der Waals surface area (Å²) in [5.41, 5.74) is 5.49. The minimum Gasteiger partial charge on any atom is -0.383 e. The number of halogens is 1. The fourth-order valence-electron chi connectivity index (χ4n) is 1.04. The molecule has 0 saturated carbocycles. The van der Waals surface area contributed by atoms with Gasteiger partial charge in [-0.3, -0.25) is 0 Å². The van der Waals surface area contributed by atoms with Crippen LogP contribution in [0.1, 0.15) is 0 Å². The number of ether oxygens (including phenoxy) is 1. The second kappa shape index (κ2) is 5.51. The van der Waals surface area contributed by atoms with Gasteiger partial charge in [0.05, 0.1) is 18.8 Å². The van der Waals surface area contributed by atoms with Crippen LogP contribution in [0.2, 0.25) is 0 Å². The van der Waals surface area contributed by atoms with Crippen molar-refractivity contribution >= 4 is 5.82 Å². The van der Waals surface area contributed by atoms with Gasteiger partial charge in [-0.2, -0.15) is 0 Å². The van der Waals surface area contributed by atoms with Gasteiger partial charge < -0.3 is 15.8 Å². The largest absolute Gasteiger partial charge is 0.383 e. The van der Waals surface area contributed by atoms with E-state index in [1.807, 2.05) is 0 Å². The molecule has 1 atom stereocenters. The van der Waals surface area contributed by atoms with E-state index < -0.39 is 0 Å². The van der Waals surface area contributed by atoms with Crippen molar-refractivity contribution in [1.29, 1.82) is 0 Å². The first-order valence-electron chi connectivity index (χ1n) is 4.33. The van der Waals surface area contributed by atoms with Crippen LogP contribution < -0.4 is 11.1 Å². The number of anilines is 1. The molecule has 0 aromatic carbocycles. The molecule has 1 unspecified atom stereocenters. The van der Waals surface area contributed by atoms with Gasteiger partial charge in [-0.15, -0.1) is 0 Å². The lowest BCUT2D eigenvalue weighted by Gasteiger charge is -2.15. The number of aromatic nitrogens is 1. The molecule has 3 N–H and O–H groups in total. The fourth-order valence-corrected chi connectivity index (χ4v) is 1.04. The highest BCUT2D eigenvalue weighted by molar-refractivity contribution is 5.34. The molecule has 0 saturated heterocycles. The number of nitrogens with one attached hydrogen (secondary N) is 1. The summed E-state index contributed by atoms with van der Waals surface area (Å²) in [6.45, 7) is 0.933. The minimum atomic E-state index is -0.355. The Morgan fingerprint density at radius 1 is 1.64 bits per heavy atom. The molecule has 5 heteroatoms. The van der Waals surface area contributed by atoms with Gasteiger partial charge in [0, 0.05) is 13.7 Å². The molecular formula is C9H14FN3O. The molecule has 4 nitrogen and oxygen atoms in total. The lowest BCUT2D eigenvalue weighted by molar-refractivity contribution is 0.187. The Hall–Kier alpha value is -1.20. The van der Waals surface area contributed by atoms with E-state index in [1.54, 1.807) is 13.2 Å². The highest BCUT2D eigenvalue weighted by Crippen LogP contribution is 2.04. The lowest BCUT2D eigenvalue weighted by Crippen LogP contribution is -2.33. The SMILES string of the molecule is COCC(CN)Nc1ccc(F)cn1. The van der Waals surface area contributed by atoms with Crippen LogP contribution in [0.4, 0.5) is 10.2 Å². The van der Waals surface area contributed by atoms with Crippen molar-refractivity contribution in [3.8, 4) is 0 Å². The molecule has 1 aromatic rings. The van der Waals surface area contributed by atoms with Gasteiger partial charge >= 0.3 is 0 Å². The molecule has 14 heavy (non-hydrogen) atoms. The second-order valence-corrected chi connectivity index (χ2v) is 2.89. The van der Waals surface area contributed by atoms with Crippen LogP contribution in [0.3, 0.4) is 0 Å². The number of hydrogen-bond donors (Lipinski definition) is 2. The van der Waals surface area contributed by atoms with E-state index in [9.17, 15) is 4.39 Å². The summed E-state index contributed by atoms with van der Waals surface area (Å²) in [6.07, 6.45) is 1.16. The number of pyridine rings is 1. The molecule has 0 aliphatic rings. The van der Waals surface area contributed by atoms with Crippen LogP contribution in [0, 0.1) is 5.82 Å². The average Bonchev–Trinajstić information content (AvgIpc) is 2.20. The normalized spacial score (nSPS) is 12.5. The maximum Gasteiger partial charge on any atom is 0.141 e. The molecule has 0 spiro atoms. The van der Waals surface area contributed by atoms with Gasteiger partial charge in [-0.1, -0.05) is 0 Å². The van der Waals surface area contributed by atoms with Gasteiger partial charge in [0.15, 0.2) is 0 Å². The van der Waals surface area contributed by atoms with E-state index in [2.05, 4.69) is 10.3 Å². The highest BCUT2D eigenvalue weighted by atomic mass is 19.1. The van der Waals surface area contributed by atoms with Crippen molar-refractivity contribution < 1.29 is 9.13 Å². The molecule has 0 fully saturated rings. The lowest BCUT2D eigenvalue weighted by atomic mass is 10.3. The van der Waals surface area contributed by atoms with Gasteiger partial charge in [0.25, 0.3) is 0 Å². The Bertz CT molecular complexity index is 265. The van der Waals surface area contributed by atoms with Gasteiger partial charge in [-0.05, 0) is 12.1 Å². The minimum absolute atomic E-state index is 0.00189. The van der Waals surface area contributed by atoms with E-state index in [0.717, 1.165) is 6.20 Å². The maximum atomic E-state index is 12.5. The van der Waals surface area contributed by atoms with E-state index in [0.29, 0.717) is 19.0 Å². The zero-order valence-corrected chi connectivity index (χ0v) is 8.03. The molecule has 78 valence electrons. The molecule has 0 amide bonds. The van der Waals surface area contributed by atoms with E-state index in [-0.39, 0.29) is 11.9 Å². The van der Waals surface area contributed by atoms with Gasteiger partial charge in [0.2, 0.25) is 0 Å². The van der Waals surface area contributed by atoms with Crippen LogP contribution in [0.25, 0.3) is 0 Å².